The molecule has 6 aromatic rings. The Balaban J connectivity index is 1.65. The van der Waals surface area contributed by atoms with Crippen molar-refractivity contribution in [1.29, 1.82) is 0 Å². The molecule has 3 aromatic carbocycles. The Labute approximate surface area is 209 Å². The highest BCUT2D eigenvalue weighted by Gasteiger charge is 2.21. The Bertz CT molecular complexity index is 1870. The molecule has 3 N–H and O–H groups in total. The zero-order valence-corrected chi connectivity index (χ0v) is 19.8. The molecule has 184 valence electrons. The fraction of sp³-hybridized carbons (Fsp3) is 0.0741. The van der Waals surface area contributed by atoms with Gasteiger partial charge >= 0.3 is 5.69 Å². The number of H-pyrrole nitrogens is 1. The number of imidazole rings is 1. The van der Waals surface area contributed by atoms with Crippen LogP contribution in [0.15, 0.2) is 77.9 Å². The predicted molar refractivity (Wildman–Crippen MR) is 138 cm³/mol. The fourth-order valence-electron chi connectivity index (χ4n) is 4.39. The zero-order valence-electron chi connectivity index (χ0n) is 19.8. The Morgan fingerprint density at radius 1 is 0.811 bits per heavy atom. The van der Waals surface area contributed by atoms with Crippen LogP contribution in [0.25, 0.3) is 44.8 Å². The van der Waals surface area contributed by atoms with E-state index >= 15 is 0 Å². The van der Waals surface area contributed by atoms with Gasteiger partial charge in [-0.2, -0.15) is 0 Å². The van der Waals surface area contributed by atoms with E-state index in [2.05, 4.69) is 9.97 Å². The van der Waals surface area contributed by atoms with Crippen LogP contribution in [0, 0.1) is 0 Å². The molecule has 37 heavy (non-hydrogen) atoms. The van der Waals surface area contributed by atoms with E-state index in [0.717, 1.165) is 10.9 Å². The first-order valence-corrected chi connectivity index (χ1v) is 11.3. The maximum absolute atomic E-state index is 13.9. The Hall–Kier alpha value is -5.25. The molecule has 0 aliphatic rings. The number of aromatic hydroxyl groups is 2. The van der Waals surface area contributed by atoms with Crippen LogP contribution in [0.2, 0.25) is 0 Å². The molecule has 0 atom stereocenters. The van der Waals surface area contributed by atoms with Crippen molar-refractivity contribution in [3.8, 4) is 45.6 Å². The van der Waals surface area contributed by atoms with Crippen LogP contribution in [0.4, 0.5) is 0 Å². The first kappa shape index (κ1) is 22.2. The summed E-state index contributed by atoms with van der Waals surface area (Å²) in [5.74, 6) is 0.475. The lowest BCUT2D eigenvalue weighted by Crippen LogP contribution is -2.22. The molecule has 0 aliphatic carbocycles. The van der Waals surface area contributed by atoms with Crippen molar-refractivity contribution >= 4 is 22.2 Å². The van der Waals surface area contributed by atoms with E-state index in [4.69, 9.17) is 14.5 Å². The summed E-state index contributed by atoms with van der Waals surface area (Å²) in [7, 11) is 2.91. The fourth-order valence-corrected chi connectivity index (χ4v) is 4.39. The van der Waals surface area contributed by atoms with E-state index in [0.29, 0.717) is 39.7 Å². The number of hydrogen-bond donors (Lipinski definition) is 3. The summed E-state index contributed by atoms with van der Waals surface area (Å²) in [6.45, 7) is 0. The lowest BCUT2D eigenvalue weighted by molar-refractivity contribution is 0.373. The number of nitrogens with one attached hydrogen (secondary N) is 1. The first-order valence-electron chi connectivity index (χ1n) is 11.3. The summed E-state index contributed by atoms with van der Waals surface area (Å²) < 4.78 is 13.4. The van der Waals surface area contributed by atoms with Crippen LogP contribution in [0.3, 0.4) is 0 Å². The van der Waals surface area contributed by atoms with Crippen molar-refractivity contribution in [2.45, 2.75) is 0 Å². The summed E-state index contributed by atoms with van der Waals surface area (Å²) in [6, 6.07) is 17.0. The molecule has 0 fully saturated rings. The number of phenols is 2. The van der Waals surface area contributed by atoms with Crippen LogP contribution in [-0.4, -0.2) is 48.5 Å². The second-order valence-corrected chi connectivity index (χ2v) is 8.35. The molecule has 10 heteroatoms. The van der Waals surface area contributed by atoms with Gasteiger partial charge < -0.3 is 24.7 Å². The van der Waals surface area contributed by atoms with E-state index in [1.165, 1.54) is 35.5 Å². The van der Waals surface area contributed by atoms with Gasteiger partial charge in [-0.05, 0) is 54.6 Å². The van der Waals surface area contributed by atoms with Crippen molar-refractivity contribution in [1.82, 2.24) is 24.1 Å². The number of benzene rings is 3. The summed E-state index contributed by atoms with van der Waals surface area (Å²) >= 11 is 0. The minimum atomic E-state index is -0.391. The van der Waals surface area contributed by atoms with Gasteiger partial charge in [0.1, 0.15) is 0 Å². The van der Waals surface area contributed by atoms with Gasteiger partial charge in [0, 0.05) is 28.7 Å². The number of rotatable bonds is 5. The molecule has 0 saturated carbocycles. The quantitative estimate of drug-likeness (QED) is 0.328. The van der Waals surface area contributed by atoms with Crippen molar-refractivity contribution < 1.29 is 19.7 Å². The monoisotopic (exact) mass is 495 g/mol. The van der Waals surface area contributed by atoms with Crippen LogP contribution < -0.4 is 15.2 Å². The zero-order chi connectivity index (χ0) is 25.7. The van der Waals surface area contributed by atoms with Gasteiger partial charge in [-0.3, -0.25) is 0 Å². The summed E-state index contributed by atoms with van der Waals surface area (Å²) in [4.78, 5) is 26.5. The number of phenolic OH excluding ortho intramolecular Hbond substituents is 2. The molecule has 6 rings (SSSR count). The Morgan fingerprint density at radius 3 is 2.27 bits per heavy atom. The summed E-state index contributed by atoms with van der Waals surface area (Å²) in [6.07, 6.45) is 3.39. The van der Waals surface area contributed by atoms with Crippen LogP contribution in [0.5, 0.6) is 23.0 Å². The second kappa shape index (κ2) is 8.45. The second-order valence-electron chi connectivity index (χ2n) is 8.35. The molecule has 0 aliphatic heterocycles. The average Bonchev–Trinajstić information content (AvgIpc) is 3.50. The molecule has 0 amide bonds. The number of hydrogen-bond acceptors (Lipinski definition) is 7. The Kier molecular flexibility index (Phi) is 5.08. The average molecular weight is 495 g/mol. The molecular formula is C27H21N5O5. The van der Waals surface area contributed by atoms with Crippen molar-refractivity contribution in [3.63, 3.8) is 0 Å². The number of methoxy groups -OCH3 is 2. The molecule has 0 bridgehead atoms. The van der Waals surface area contributed by atoms with Crippen molar-refractivity contribution in [3.05, 3.63) is 83.5 Å². The molecule has 0 spiro atoms. The molecule has 0 saturated heterocycles. The minimum absolute atomic E-state index is 0.00410. The third kappa shape index (κ3) is 3.54. The highest BCUT2D eigenvalue weighted by Crippen LogP contribution is 2.32. The largest absolute Gasteiger partial charge is 0.504 e. The molecule has 10 nitrogen and oxygen atoms in total. The van der Waals surface area contributed by atoms with Gasteiger partial charge in [0.05, 0.1) is 37.5 Å². The normalized spacial score (nSPS) is 11.3. The molecule has 3 heterocycles. The van der Waals surface area contributed by atoms with Gasteiger partial charge in [-0.25, -0.2) is 23.9 Å². The topological polar surface area (TPSA) is 127 Å². The lowest BCUT2D eigenvalue weighted by atomic mass is 10.1. The molecular weight excluding hydrogens is 474 g/mol. The predicted octanol–water partition coefficient (Wildman–Crippen LogP) is 4.15. The highest BCUT2D eigenvalue weighted by atomic mass is 16.5. The molecule has 3 aromatic heterocycles. The van der Waals surface area contributed by atoms with Gasteiger partial charge in [-0.1, -0.05) is 0 Å². The van der Waals surface area contributed by atoms with E-state index in [-0.39, 0.29) is 17.2 Å². The van der Waals surface area contributed by atoms with Crippen molar-refractivity contribution in [2.24, 2.45) is 0 Å². The molecule has 0 unspecified atom stereocenters. The maximum atomic E-state index is 13.9. The first-order chi connectivity index (χ1) is 18.0. The molecule has 0 radical (unpaired) electrons. The van der Waals surface area contributed by atoms with Gasteiger partial charge in [-0.15, -0.1) is 0 Å². The van der Waals surface area contributed by atoms with E-state index < -0.39 is 5.69 Å². The third-order valence-electron chi connectivity index (χ3n) is 6.23. The Morgan fingerprint density at radius 2 is 1.49 bits per heavy atom. The third-order valence-corrected chi connectivity index (χ3v) is 6.23. The number of nitrogens with zero attached hydrogens (tertiary/aromatic N) is 4. The van der Waals surface area contributed by atoms with E-state index in [9.17, 15) is 15.0 Å². The van der Waals surface area contributed by atoms with E-state index in [1.54, 1.807) is 30.5 Å². The van der Waals surface area contributed by atoms with Crippen LogP contribution in [-0.2, 0) is 0 Å². The summed E-state index contributed by atoms with van der Waals surface area (Å²) in [5, 5.41) is 21.0. The smallest absolute Gasteiger partial charge is 0.340 e. The number of aromatic amines is 1. The SMILES string of the molecule is COc1cc(-c2cnc3c(n2)n(-c2ccc4[nH]ccc4c2)c(=O)n3-c2ccc(O)c(OC)c2)ccc1O. The lowest BCUT2D eigenvalue weighted by Gasteiger charge is -2.08. The number of ether oxygens (including phenoxy) is 2. The van der Waals surface area contributed by atoms with Crippen LogP contribution >= 0.6 is 0 Å². The maximum Gasteiger partial charge on any atom is 0.340 e. The van der Waals surface area contributed by atoms with Crippen molar-refractivity contribution in [2.75, 3.05) is 14.2 Å². The van der Waals surface area contributed by atoms with Gasteiger partial charge in [0.25, 0.3) is 0 Å². The number of fused-ring (bicyclic) bond motifs is 2. The van der Waals surface area contributed by atoms with Crippen LogP contribution in [0.1, 0.15) is 0 Å². The van der Waals surface area contributed by atoms with E-state index in [1.807, 2.05) is 30.5 Å². The highest BCUT2D eigenvalue weighted by molar-refractivity contribution is 5.83. The summed E-state index contributed by atoms with van der Waals surface area (Å²) in [5.41, 5.74) is 3.41. The van der Waals surface area contributed by atoms with Gasteiger partial charge in [0.2, 0.25) is 0 Å². The number of aromatic nitrogens is 5. The van der Waals surface area contributed by atoms with Gasteiger partial charge in [0.15, 0.2) is 34.3 Å². The standard InChI is InChI=1S/C27H21N5O5/c1-36-23-12-15(3-7-21(23)33)20-14-29-25-26(30-20)32(17-4-6-19-16(11-17)9-10-28-19)27(35)31(25)18-5-8-22(34)24(13-18)37-2/h3-14,28,33-34H,1-2H3. The minimum Gasteiger partial charge on any atom is -0.504 e.